The zero-order valence-electron chi connectivity index (χ0n) is 23.8. The molecule has 0 aromatic heterocycles. The number of piperidine rings is 1. The van der Waals surface area contributed by atoms with Crippen LogP contribution in [0.25, 0.3) is 11.1 Å². The van der Waals surface area contributed by atoms with E-state index in [0.717, 1.165) is 24.9 Å². The molecule has 3 aromatic rings. The number of primary amides is 1. The number of carbonyl (C=O) groups excluding carboxylic acids is 2. The molecule has 2 atom stereocenters. The van der Waals surface area contributed by atoms with Crippen LogP contribution < -0.4 is 20.5 Å². The number of hydrogen-bond donors (Lipinski definition) is 2. The van der Waals surface area contributed by atoms with Gasteiger partial charge in [0.2, 0.25) is 11.8 Å². The summed E-state index contributed by atoms with van der Waals surface area (Å²) in [6.45, 7) is 3.52. The molecule has 0 unspecified atom stereocenters. The number of fused-ring (bicyclic) bond motifs is 3. The van der Waals surface area contributed by atoms with Crippen LogP contribution in [-0.4, -0.2) is 49.0 Å². The molecule has 4 aliphatic heterocycles. The van der Waals surface area contributed by atoms with Crippen LogP contribution in [0.5, 0.6) is 11.5 Å². The molecule has 7 rings (SSSR count). The van der Waals surface area contributed by atoms with Gasteiger partial charge in [-0.2, -0.15) is 0 Å². The Hall–Kier alpha value is -3.69. The quantitative estimate of drug-likeness (QED) is 0.423. The number of hydrogen-bond acceptors (Lipinski definition) is 5. The summed E-state index contributed by atoms with van der Waals surface area (Å²) < 4.78 is 45.0. The summed E-state index contributed by atoms with van der Waals surface area (Å²) >= 11 is 6.65. The van der Waals surface area contributed by atoms with E-state index in [2.05, 4.69) is 5.32 Å². The number of carbonyl (C=O) groups is 2. The Morgan fingerprint density at radius 1 is 1.12 bits per heavy atom. The van der Waals surface area contributed by atoms with Gasteiger partial charge in [0.25, 0.3) is 0 Å². The van der Waals surface area contributed by atoms with E-state index < -0.39 is 28.6 Å². The fourth-order valence-corrected chi connectivity index (χ4v) is 7.84. The highest BCUT2D eigenvalue weighted by molar-refractivity contribution is 6.34. The van der Waals surface area contributed by atoms with Gasteiger partial charge in [-0.05, 0) is 43.9 Å². The molecule has 3 N–H and O–H groups in total. The first kappa shape index (κ1) is 28.1. The zero-order chi connectivity index (χ0) is 30.1. The lowest BCUT2D eigenvalue weighted by atomic mass is 9.73. The number of likely N-dealkylation sites (tertiary alicyclic amines) is 1. The van der Waals surface area contributed by atoms with E-state index in [-0.39, 0.29) is 58.2 Å². The third kappa shape index (κ3) is 4.23. The Kier molecular flexibility index (Phi) is 6.67. The normalized spacial score (nSPS) is 23.5. The third-order valence-corrected chi connectivity index (χ3v) is 10.2. The second-order valence-corrected chi connectivity index (χ2v) is 12.5. The lowest BCUT2D eigenvalue weighted by Crippen LogP contribution is -2.48. The van der Waals surface area contributed by atoms with Gasteiger partial charge in [-0.3, -0.25) is 9.59 Å². The van der Waals surface area contributed by atoms with Crippen LogP contribution in [0.4, 0.5) is 8.78 Å². The number of rotatable bonds is 4. The van der Waals surface area contributed by atoms with Crippen LogP contribution in [0, 0.1) is 11.6 Å². The van der Waals surface area contributed by atoms with Crippen LogP contribution in [-0.2, 0) is 22.2 Å². The summed E-state index contributed by atoms with van der Waals surface area (Å²) in [5.74, 6) is -2.22. The Labute approximate surface area is 253 Å². The fraction of sp³-hybridized carbons (Fsp3) is 0.394. The van der Waals surface area contributed by atoms with Crippen molar-refractivity contribution < 1.29 is 27.8 Å². The van der Waals surface area contributed by atoms with E-state index in [4.69, 9.17) is 26.8 Å². The van der Waals surface area contributed by atoms with Crippen LogP contribution in [0.3, 0.4) is 0 Å². The van der Waals surface area contributed by atoms with Crippen molar-refractivity contribution in [1.29, 1.82) is 0 Å². The minimum Gasteiger partial charge on any atom is -0.489 e. The summed E-state index contributed by atoms with van der Waals surface area (Å²) in [5, 5.41) is 3.22. The molecule has 1 spiro atoms. The molecule has 224 valence electrons. The maximum atomic E-state index is 16.8. The van der Waals surface area contributed by atoms with Crippen molar-refractivity contribution in [2.45, 2.75) is 56.1 Å². The number of benzene rings is 3. The number of nitrogens with two attached hydrogens (primary N) is 1. The van der Waals surface area contributed by atoms with Crippen molar-refractivity contribution in [1.82, 2.24) is 10.2 Å². The van der Waals surface area contributed by atoms with Gasteiger partial charge >= 0.3 is 0 Å². The standard InChI is InChI=1S/C33H32ClF2N3O4/c1-18(40)39-12-9-32(10-13-39)17-42-30-22(32)14-20(31(37)41)27(29(30)36)26-21-16-33(25-8-5-11-38-25,19-6-3-2-4-7-19)43-24(21)15-23(35)28(26)34/h2-4,6-7,14-15,25,38H,5,8-13,16-17H2,1H3,(H2,37,41)/t25-,33-/m0/s1. The van der Waals surface area contributed by atoms with Crippen LogP contribution in [0.1, 0.15) is 59.7 Å². The SMILES string of the molecule is CC(=O)N1CCC2(CC1)COc1c2cc(C(N)=O)c(-c2c(Cl)c(F)cc3c2C[C@](c2ccccc2)([C@@H]2CCCN2)O3)c1F. The van der Waals surface area contributed by atoms with Crippen molar-refractivity contribution >= 4 is 23.4 Å². The molecule has 2 amide bonds. The van der Waals surface area contributed by atoms with Crippen LogP contribution in [0.2, 0.25) is 5.02 Å². The molecular weight excluding hydrogens is 576 g/mol. The Morgan fingerprint density at radius 3 is 2.51 bits per heavy atom. The van der Waals surface area contributed by atoms with Gasteiger partial charge in [0.05, 0.1) is 23.2 Å². The first-order valence-corrected chi connectivity index (χ1v) is 15.1. The second kappa shape index (κ2) is 10.2. The molecular formula is C33H32ClF2N3O4. The molecule has 0 saturated carbocycles. The number of nitrogens with zero attached hydrogens (tertiary/aromatic N) is 1. The minimum atomic E-state index is -0.892. The topological polar surface area (TPSA) is 93.9 Å². The molecule has 2 fully saturated rings. The predicted octanol–water partition coefficient (Wildman–Crippen LogP) is 5.24. The highest BCUT2D eigenvalue weighted by Crippen LogP contribution is 2.55. The largest absolute Gasteiger partial charge is 0.489 e. The molecule has 43 heavy (non-hydrogen) atoms. The van der Waals surface area contributed by atoms with Gasteiger partial charge in [-0.1, -0.05) is 41.9 Å². The van der Waals surface area contributed by atoms with Crippen molar-refractivity contribution in [2.75, 3.05) is 26.2 Å². The smallest absolute Gasteiger partial charge is 0.249 e. The van der Waals surface area contributed by atoms with Crippen molar-refractivity contribution in [3.05, 3.63) is 81.4 Å². The number of nitrogens with one attached hydrogen (secondary N) is 1. The predicted molar refractivity (Wildman–Crippen MR) is 157 cm³/mol. The van der Waals surface area contributed by atoms with Crippen molar-refractivity contribution in [3.8, 4) is 22.6 Å². The van der Waals surface area contributed by atoms with Gasteiger partial charge in [-0.15, -0.1) is 0 Å². The van der Waals surface area contributed by atoms with Crippen LogP contribution in [0.15, 0.2) is 42.5 Å². The van der Waals surface area contributed by atoms with Crippen molar-refractivity contribution in [3.63, 3.8) is 0 Å². The highest BCUT2D eigenvalue weighted by atomic mass is 35.5. The van der Waals surface area contributed by atoms with Gasteiger partial charge in [0, 0.05) is 60.2 Å². The molecule has 2 saturated heterocycles. The molecule has 4 heterocycles. The van der Waals surface area contributed by atoms with E-state index in [9.17, 15) is 9.59 Å². The molecule has 0 bridgehead atoms. The molecule has 10 heteroatoms. The molecule has 3 aromatic carbocycles. The number of amides is 2. The number of ether oxygens (including phenoxy) is 2. The van der Waals surface area contributed by atoms with E-state index in [1.165, 1.54) is 13.0 Å². The van der Waals surface area contributed by atoms with Crippen molar-refractivity contribution in [2.24, 2.45) is 5.73 Å². The van der Waals surface area contributed by atoms with Gasteiger partial charge < -0.3 is 25.4 Å². The molecule has 0 radical (unpaired) electrons. The summed E-state index contributed by atoms with van der Waals surface area (Å²) in [7, 11) is 0. The summed E-state index contributed by atoms with van der Waals surface area (Å²) in [4.78, 5) is 26.7. The van der Waals surface area contributed by atoms with Crippen LogP contribution >= 0.6 is 11.6 Å². The summed E-state index contributed by atoms with van der Waals surface area (Å²) in [5.41, 5.74) is 6.16. The zero-order valence-corrected chi connectivity index (χ0v) is 24.5. The van der Waals surface area contributed by atoms with E-state index >= 15 is 8.78 Å². The molecule has 7 nitrogen and oxygen atoms in total. The Morgan fingerprint density at radius 2 is 1.86 bits per heavy atom. The minimum absolute atomic E-state index is 0.0102. The maximum Gasteiger partial charge on any atom is 0.249 e. The lowest BCUT2D eigenvalue weighted by molar-refractivity contribution is -0.130. The Balaban J connectivity index is 1.39. The molecule has 0 aliphatic carbocycles. The van der Waals surface area contributed by atoms with Gasteiger partial charge in [-0.25, -0.2) is 8.78 Å². The fourth-order valence-electron chi connectivity index (χ4n) is 7.58. The number of halogens is 3. The average molecular weight is 608 g/mol. The molecule has 4 aliphatic rings. The first-order valence-electron chi connectivity index (χ1n) is 14.7. The monoisotopic (exact) mass is 607 g/mol. The van der Waals surface area contributed by atoms with E-state index in [1.807, 2.05) is 30.3 Å². The van der Waals surface area contributed by atoms with Gasteiger partial charge in [0.1, 0.15) is 11.6 Å². The van der Waals surface area contributed by atoms with E-state index in [0.29, 0.717) is 37.1 Å². The highest BCUT2D eigenvalue weighted by Gasteiger charge is 2.51. The second-order valence-electron chi connectivity index (χ2n) is 12.1. The summed E-state index contributed by atoms with van der Waals surface area (Å²) in [6, 6.07) is 12.4. The average Bonchev–Trinajstić information content (AvgIpc) is 3.74. The first-order chi connectivity index (χ1) is 20.6. The van der Waals surface area contributed by atoms with Gasteiger partial charge in [0.15, 0.2) is 17.2 Å². The Bertz CT molecular complexity index is 1650. The third-order valence-electron chi connectivity index (χ3n) is 9.87. The van der Waals surface area contributed by atoms with E-state index in [1.54, 1.807) is 11.0 Å². The lowest BCUT2D eigenvalue weighted by Gasteiger charge is -2.38. The maximum absolute atomic E-state index is 16.8. The summed E-state index contributed by atoms with van der Waals surface area (Å²) in [6.07, 6.45) is 3.17.